The second-order valence-corrected chi connectivity index (χ2v) is 8.08. The third kappa shape index (κ3) is 4.00. The molecule has 3 rings (SSSR count). The Morgan fingerprint density at radius 2 is 2.00 bits per heavy atom. The molecule has 1 heterocycles. The normalized spacial score (nSPS) is 17.4. The summed E-state index contributed by atoms with van der Waals surface area (Å²) in [5, 5.41) is 4.25. The minimum Gasteiger partial charge on any atom is -0.241 e. The fourth-order valence-corrected chi connectivity index (χ4v) is 5.06. The van der Waals surface area contributed by atoms with Gasteiger partial charge in [-0.3, -0.25) is 0 Å². The predicted molar refractivity (Wildman–Crippen MR) is 90.9 cm³/mol. The number of hydrogen-bond acceptors (Lipinski definition) is 3. The molecule has 0 aliphatic heterocycles. The summed E-state index contributed by atoms with van der Waals surface area (Å²) in [4.78, 5) is 0. The van der Waals surface area contributed by atoms with E-state index in [1.165, 1.54) is 0 Å². The van der Waals surface area contributed by atoms with Gasteiger partial charge in [-0.1, -0.05) is 31.0 Å². The Morgan fingerprint density at radius 3 is 2.70 bits per heavy atom. The first kappa shape index (κ1) is 16.2. The van der Waals surface area contributed by atoms with Crippen molar-refractivity contribution in [2.24, 2.45) is 5.92 Å². The van der Waals surface area contributed by atoms with Gasteiger partial charge in [0.2, 0.25) is 10.0 Å². The summed E-state index contributed by atoms with van der Waals surface area (Å²) in [5.74, 6) is 0.544. The van der Waals surface area contributed by atoms with Crippen LogP contribution in [0.4, 0.5) is 0 Å². The molecule has 6 heteroatoms. The third-order valence-corrected chi connectivity index (χ3v) is 6.06. The largest absolute Gasteiger partial charge is 0.241 e. The number of sulfonamides is 1. The molecular weight excluding hydrogens is 310 g/mol. The van der Waals surface area contributed by atoms with Gasteiger partial charge < -0.3 is 0 Å². The molecule has 1 aliphatic rings. The zero-order chi connectivity index (χ0) is 16.3. The molecule has 1 atom stereocenters. The van der Waals surface area contributed by atoms with E-state index in [2.05, 4.69) is 9.82 Å². The predicted octanol–water partition coefficient (Wildman–Crippen LogP) is 3.04. The Hall–Kier alpha value is -1.66. The van der Waals surface area contributed by atoms with Crippen LogP contribution in [0, 0.1) is 5.92 Å². The summed E-state index contributed by atoms with van der Waals surface area (Å²) in [6, 6.07) is 9.31. The van der Waals surface area contributed by atoms with E-state index in [-0.39, 0.29) is 11.8 Å². The Morgan fingerprint density at radius 1 is 1.26 bits per heavy atom. The van der Waals surface area contributed by atoms with Crippen LogP contribution in [0.2, 0.25) is 0 Å². The standard InChI is InChI=1S/C17H23N3O2S/c1-14(19-23(21,22)13-15-7-2-3-8-15)16-9-4-5-10-17(16)20-12-6-11-18-20/h4-6,9-12,14-15,19H,2-3,7-8,13H2,1H3/t14-/m1/s1. The molecule has 0 unspecified atom stereocenters. The number of hydrogen-bond donors (Lipinski definition) is 1. The van der Waals surface area contributed by atoms with Gasteiger partial charge in [0.15, 0.2) is 0 Å². The number of benzene rings is 1. The van der Waals surface area contributed by atoms with E-state index in [9.17, 15) is 8.42 Å². The van der Waals surface area contributed by atoms with Crippen molar-refractivity contribution >= 4 is 10.0 Å². The Kier molecular flexibility index (Phi) is 4.82. The van der Waals surface area contributed by atoms with E-state index >= 15 is 0 Å². The number of nitrogens with one attached hydrogen (secondary N) is 1. The maximum absolute atomic E-state index is 12.4. The summed E-state index contributed by atoms with van der Waals surface area (Å²) in [5.41, 5.74) is 1.82. The van der Waals surface area contributed by atoms with Crippen molar-refractivity contribution in [3.8, 4) is 5.69 Å². The summed E-state index contributed by atoms with van der Waals surface area (Å²) in [7, 11) is -3.28. The van der Waals surface area contributed by atoms with Gasteiger partial charge in [-0.25, -0.2) is 17.8 Å². The summed E-state index contributed by atoms with van der Waals surface area (Å²) >= 11 is 0. The molecule has 1 N–H and O–H groups in total. The van der Waals surface area contributed by atoms with E-state index in [0.717, 1.165) is 36.9 Å². The Labute approximate surface area is 137 Å². The maximum atomic E-state index is 12.4. The van der Waals surface area contributed by atoms with Crippen LogP contribution in [-0.4, -0.2) is 24.0 Å². The third-order valence-electron chi connectivity index (χ3n) is 4.44. The van der Waals surface area contributed by atoms with Gasteiger partial charge in [0.1, 0.15) is 0 Å². The van der Waals surface area contributed by atoms with Gasteiger partial charge in [0, 0.05) is 18.4 Å². The van der Waals surface area contributed by atoms with E-state index in [1.807, 2.05) is 43.5 Å². The fourth-order valence-electron chi connectivity index (χ4n) is 3.34. The molecule has 1 aromatic heterocycles. The lowest BCUT2D eigenvalue weighted by atomic mass is 10.1. The molecule has 1 aliphatic carbocycles. The highest BCUT2D eigenvalue weighted by molar-refractivity contribution is 7.89. The maximum Gasteiger partial charge on any atom is 0.212 e. The molecule has 1 aromatic carbocycles. The first-order valence-electron chi connectivity index (χ1n) is 8.14. The summed E-state index contributed by atoms with van der Waals surface area (Å²) < 4.78 is 29.5. The van der Waals surface area contributed by atoms with E-state index in [4.69, 9.17) is 0 Å². The average Bonchev–Trinajstić information content (AvgIpc) is 3.19. The van der Waals surface area contributed by atoms with Gasteiger partial charge in [0.05, 0.1) is 11.4 Å². The van der Waals surface area contributed by atoms with Crippen LogP contribution in [0.1, 0.15) is 44.2 Å². The molecule has 0 bridgehead atoms. The fraction of sp³-hybridized carbons (Fsp3) is 0.471. The molecule has 2 aromatic rings. The number of aromatic nitrogens is 2. The first-order valence-corrected chi connectivity index (χ1v) is 9.79. The van der Waals surface area contributed by atoms with Crippen molar-refractivity contribution in [2.75, 3.05) is 5.75 Å². The number of nitrogens with zero attached hydrogens (tertiary/aromatic N) is 2. The van der Waals surface area contributed by atoms with Gasteiger partial charge in [-0.2, -0.15) is 5.10 Å². The summed E-state index contributed by atoms with van der Waals surface area (Å²) in [6.07, 6.45) is 7.93. The van der Waals surface area contributed by atoms with Crippen molar-refractivity contribution in [3.63, 3.8) is 0 Å². The van der Waals surface area contributed by atoms with Crippen LogP contribution in [-0.2, 0) is 10.0 Å². The molecule has 0 spiro atoms. The van der Waals surface area contributed by atoms with Crippen LogP contribution < -0.4 is 4.72 Å². The monoisotopic (exact) mass is 333 g/mol. The van der Waals surface area contributed by atoms with Crippen LogP contribution in [0.25, 0.3) is 5.69 Å². The second-order valence-electron chi connectivity index (χ2n) is 6.28. The van der Waals surface area contributed by atoms with Crippen LogP contribution in [0.3, 0.4) is 0 Å². The topological polar surface area (TPSA) is 64.0 Å². The zero-order valence-electron chi connectivity index (χ0n) is 13.4. The average molecular weight is 333 g/mol. The molecule has 1 saturated carbocycles. The Balaban J connectivity index is 1.77. The molecule has 5 nitrogen and oxygen atoms in total. The molecule has 1 fully saturated rings. The highest BCUT2D eigenvalue weighted by Gasteiger charge is 2.25. The summed E-state index contributed by atoms with van der Waals surface area (Å²) in [6.45, 7) is 1.88. The molecule has 0 saturated heterocycles. The van der Waals surface area contributed by atoms with Gasteiger partial charge >= 0.3 is 0 Å². The molecule has 23 heavy (non-hydrogen) atoms. The number of rotatable bonds is 6. The van der Waals surface area contributed by atoms with E-state index in [1.54, 1.807) is 10.9 Å². The smallest absolute Gasteiger partial charge is 0.212 e. The molecular formula is C17H23N3O2S. The van der Waals surface area contributed by atoms with Gasteiger partial charge in [0.25, 0.3) is 0 Å². The van der Waals surface area contributed by atoms with Crippen molar-refractivity contribution in [1.29, 1.82) is 0 Å². The zero-order valence-corrected chi connectivity index (χ0v) is 14.2. The van der Waals surface area contributed by atoms with Crippen LogP contribution in [0.15, 0.2) is 42.7 Å². The molecule has 124 valence electrons. The van der Waals surface area contributed by atoms with Crippen molar-refractivity contribution < 1.29 is 8.42 Å². The first-order chi connectivity index (χ1) is 11.1. The lowest BCUT2D eigenvalue weighted by molar-refractivity contribution is 0.537. The van der Waals surface area contributed by atoms with E-state index < -0.39 is 10.0 Å². The highest BCUT2D eigenvalue weighted by Crippen LogP contribution is 2.27. The van der Waals surface area contributed by atoms with Gasteiger partial charge in [-0.05, 0) is 43.4 Å². The lowest BCUT2D eigenvalue weighted by Gasteiger charge is -2.19. The van der Waals surface area contributed by atoms with E-state index in [0.29, 0.717) is 5.92 Å². The van der Waals surface area contributed by atoms with Crippen LogP contribution >= 0.6 is 0 Å². The SMILES string of the molecule is C[C@@H](NS(=O)(=O)CC1CCCC1)c1ccccc1-n1cccn1. The number of para-hydroxylation sites is 1. The second kappa shape index (κ2) is 6.84. The lowest BCUT2D eigenvalue weighted by Crippen LogP contribution is -2.32. The molecule has 0 radical (unpaired) electrons. The van der Waals surface area contributed by atoms with Gasteiger partial charge in [-0.15, -0.1) is 0 Å². The van der Waals surface area contributed by atoms with Crippen molar-refractivity contribution in [3.05, 3.63) is 48.3 Å². The molecule has 0 amide bonds. The quantitative estimate of drug-likeness (QED) is 0.884. The van der Waals surface area contributed by atoms with Crippen molar-refractivity contribution in [1.82, 2.24) is 14.5 Å². The minimum atomic E-state index is -3.28. The minimum absolute atomic E-state index is 0.237. The van der Waals surface area contributed by atoms with Crippen LogP contribution in [0.5, 0.6) is 0 Å². The highest BCUT2D eigenvalue weighted by atomic mass is 32.2. The Bertz CT molecular complexity index is 735. The van der Waals surface area contributed by atoms with Crippen molar-refractivity contribution in [2.45, 2.75) is 38.6 Å².